The minimum atomic E-state index is -1.34. The molecule has 1 aliphatic rings. The number of aromatic nitrogens is 2. The number of hydrogen-bond donors (Lipinski definition) is 3. The third kappa shape index (κ3) is 4.07. The first kappa shape index (κ1) is 20.0. The van der Waals surface area contributed by atoms with Gasteiger partial charge >= 0.3 is 5.97 Å². The molecule has 1 fully saturated rings. The zero-order valence-corrected chi connectivity index (χ0v) is 16.1. The van der Waals surface area contributed by atoms with Crippen LogP contribution in [0, 0.1) is 12.3 Å². The van der Waals surface area contributed by atoms with E-state index in [0.717, 1.165) is 11.3 Å². The highest BCUT2D eigenvalue weighted by Crippen LogP contribution is 2.34. The summed E-state index contributed by atoms with van der Waals surface area (Å²) in [4.78, 5) is 26.4. The van der Waals surface area contributed by atoms with E-state index in [1.54, 1.807) is 22.8 Å². The lowest BCUT2D eigenvalue weighted by atomic mass is 9.73. The molecule has 8 heteroatoms. The molecule has 1 aliphatic heterocycles. The number of anilines is 1. The molecule has 0 spiro atoms. The summed E-state index contributed by atoms with van der Waals surface area (Å²) < 4.78 is 1.67. The number of carboxylic acid groups (broad SMARTS) is 1. The van der Waals surface area contributed by atoms with Gasteiger partial charge in [0.1, 0.15) is 5.41 Å². The Balaban J connectivity index is 1.72. The first-order valence-electron chi connectivity index (χ1n) is 9.28. The summed E-state index contributed by atoms with van der Waals surface area (Å²) in [7, 11) is 1.79. The van der Waals surface area contributed by atoms with Gasteiger partial charge in [-0.2, -0.15) is 5.10 Å². The highest BCUT2D eigenvalue weighted by Gasteiger charge is 2.49. The van der Waals surface area contributed by atoms with Crippen LogP contribution < -0.4 is 5.32 Å². The normalized spacial score (nSPS) is 22.8. The maximum Gasteiger partial charge on any atom is 0.313 e. The molecule has 0 saturated carbocycles. The summed E-state index contributed by atoms with van der Waals surface area (Å²) >= 11 is 0. The van der Waals surface area contributed by atoms with E-state index in [1.807, 2.05) is 37.3 Å². The third-order valence-electron chi connectivity index (χ3n) is 5.53. The molecule has 0 radical (unpaired) electrons. The van der Waals surface area contributed by atoms with Crippen LogP contribution in [0.3, 0.4) is 0 Å². The van der Waals surface area contributed by atoms with Gasteiger partial charge in [-0.1, -0.05) is 30.3 Å². The minimum Gasteiger partial charge on any atom is -0.481 e. The number of aliphatic hydroxyl groups excluding tert-OH is 1. The van der Waals surface area contributed by atoms with E-state index in [-0.39, 0.29) is 25.4 Å². The fourth-order valence-corrected chi connectivity index (χ4v) is 3.73. The fourth-order valence-electron chi connectivity index (χ4n) is 3.73. The number of aliphatic hydroxyl groups is 1. The largest absolute Gasteiger partial charge is 0.481 e. The van der Waals surface area contributed by atoms with Gasteiger partial charge < -0.3 is 15.5 Å². The van der Waals surface area contributed by atoms with Gasteiger partial charge in [0.2, 0.25) is 5.91 Å². The van der Waals surface area contributed by atoms with E-state index in [0.29, 0.717) is 18.7 Å². The molecule has 2 aromatic rings. The topological polar surface area (TPSA) is 108 Å². The summed E-state index contributed by atoms with van der Waals surface area (Å²) in [6.07, 6.45) is 1.14. The molecule has 1 aromatic heterocycles. The van der Waals surface area contributed by atoms with E-state index in [2.05, 4.69) is 10.4 Å². The molecule has 0 bridgehead atoms. The predicted octanol–water partition coefficient (Wildman–Crippen LogP) is 1.05. The summed E-state index contributed by atoms with van der Waals surface area (Å²) in [5, 5.41) is 27.4. The van der Waals surface area contributed by atoms with Crippen molar-refractivity contribution in [3.8, 4) is 0 Å². The average molecular weight is 386 g/mol. The van der Waals surface area contributed by atoms with E-state index in [1.165, 1.54) is 0 Å². The summed E-state index contributed by atoms with van der Waals surface area (Å²) in [6.45, 7) is 2.49. The van der Waals surface area contributed by atoms with Crippen LogP contribution in [0.15, 0.2) is 36.5 Å². The number of amides is 1. The van der Waals surface area contributed by atoms with E-state index < -0.39 is 17.5 Å². The Kier molecular flexibility index (Phi) is 5.81. The quantitative estimate of drug-likeness (QED) is 0.685. The highest BCUT2D eigenvalue weighted by atomic mass is 16.4. The van der Waals surface area contributed by atoms with Crippen LogP contribution in [0.1, 0.15) is 17.7 Å². The van der Waals surface area contributed by atoms with Crippen LogP contribution in [0.2, 0.25) is 0 Å². The number of rotatable bonds is 6. The van der Waals surface area contributed by atoms with E-state index in [9.17, 15) is 19.8 Å². The number of aryl methyl sites for hydroxylation is 1. The molecular weight excluding hydrogens is 360 g/mol. The molecule has 150 valence electrons. The van der Waals surface area contributed by atoms with Crippen molar-refractivity contribution in [1.29, 1.82) is 0 Å². The number of carboxylic acids is 1. The lowest BCUT2D eigenvalue weighted by Crippen LogP contribution is -2.58. The Morgan fingerprint density at radius 2 is 2.04 bits per heavy atom. The molecule has 0 unspecified atom stereocenters. The van der Waals surface area contributed by atoms with Crippen molar-refractivity contribution in [3.63, 3.8) is 0 Å². The van der Waals surface area contributed by atoms with Crippen molar-refractivity contribution in [2.45, 2.75) is 25.9 Å². The van der Waals surface area contributed by atoms with Gasteiger partial charge in [-0.25, -0.2) is 0 Å². The van der Waals surface area contributed by atoms with Gasteiger partial charge in [0.25, 0.3) is 0 Å². The summed E-state index contributed by atoms with van der Waals surface area (Å²) in [5.74, 6) is -1.27. The second-order valence-electron chi connectivity index (χ2n) is 7.45. The maximum atomic E-state index is 12.5. The number of nitrogens with zero attached hydrogens (tertiary/aromatic N) is 3. The molecule has 1 aromatic carbocycles. The Morgan fingerprint density at radius 3 is 2.64 bits per heavy atom. The van der Waals surface area contributed by atoms with Gasteiger partial charge in [0.05, 0.1) is 30.2 Å². The van der Waals surface area contributed by atoms with Crippen molar-refractivity contribution in [2.75, 3.05) is 25.0 Å². The number of nitrogens with one attached hydrogen (secondary N) is 1. The van der Waals surface area contributed by atoms with Gasteiger partial charge in [-0.15, -0.1) is 0 Å². The Hall–Kier alpha value is -2.71. The minimum absolute atomic E-state index is 0.0604. The zero-order chi connectivity index (χ0) is 20.3. The monoisotopic (exact) mass is 386 g/mol. The number of aliphatic carboxylic acids is 1. The first-order chi connectivity index (χ1) is 13.3. The molecule has 1 saturated heterocycles. The van der Waals surface area contributed by atoms with Gasteiger partial charge in [0, 0.05) is 20.1 Å². The number of likely N-dealkylation sites (tertiary alicyclic amines) is 1. The molecule has 3 rings (SSSR count). The predicted molar refractivity (Wildman–Crippen MR) is 104 cm³/mol. The number of carbonyl (C=O) groups is 2. The summed E-state index contributed by atoms with van der Waals surface area (Å²) in [5.41, 5.74) is 0.982. The van der Waals surface area contributed by atoms with Crippen LogP contribution in [0.25, 0.3) is 0 Å². The van der Waals surface area contributed by atoms with Gasteiger partial charge in [0.15, 0.2) is 0 Å². The summed E-state index contributed by atoms with van der Waals surface area (Å²) in [6, 6.07) is 9.27. The van der Waals surface area contributed by atoms with Crippen molar-refractivity contribution < 1.29 is 19.8 Å². The van der Waals surface area contributed by atoms with Gasteiger partial charge in [-0.3, -0.25) is 19.2 Å². The molecule has 2 atom stereocenters. The van der Waals surface area contributed by atoms with Crippen LogP contribution >= 0.6 is 0 Å². The van der Waals surface area contributed by atoms with Crippen molar-refractivity contribution in [3.05, 3.63) is 47.8 Å². The third-order valence-corrected chi connectivity index (χ3v) is 5.53. The smallest absolute Gasteiger partial charge is 0.313 e. The zero-order valence-electron chi connectivity index (χ0n) is 16.1. The van der Waals surface area contributed by atoms with E-state index in [4.69, 9.17) is 0 Å². The Bertz CT molecular complexity index is 851. The van der Waals surface area contributed by atoms with E-state index >= 15 is 0 Å². The molecular formula is C20H26N4O4. The van der Waals surface area contributed by atoms with Crippen molar-refractivity contribution >= 4 is 17.6 Å². The number of piperidine rings is 1. The Morgan fingerprint density at radius 1 is 1.32 bits per heavy atom. The van der Waals surface area contributed by atoms with Crippen molar-refractivity contribution in [1.82, 2.24) is 14.7 Å². The van der Waals surface area contributed by atoms with Crippen LogP contribution in [0.4, 0.5) is 5.69 Å². The molecule has 2 heterocycles. The number of benzene rings is 1. The molecule has 1 amide bonds. The molecule has 28 heavy (non-hydrogen) atoms. The second kappa shape index (κ2) is 8.12. The second-order valence-corrected chi connectivity index (χ2v) is 7.45. The Labute approximate surface area is 163 Å². The maximum absolute atomic E-state index is 12.5. The SMILES string of the molecule is Cc1c(NC(=O)CN2CC[C@H](O)[C@@](Cc3ccccc3)(C(=O)O)C2)cnn1C. The number of carbonyl (C=O) groups excluding carboxylic acids is 1. The van der Waals surface area contributed by atoms with Crippen molar-refractivity contribution in [2.24, 2.45) is 12.5 Å². The van der Waals surface area contributed by atoms with Crippen LogP contribution in [-0.4, -0.2) is 62.5 Å². The standard InChI is InChI=1S/C20H26N4O4/c1-14-16(11-21-23(14)2)22-18(26)12-24-9-8-17(25)20(13-24,19(27)28)10-15-6-4-3-5-7-15/h3-7,11,17,25H,8-10,12-13H2,1-2H3,(H,22,26)(H,27,28)/t17-,20-/m0/s1. The first-order valence-corrected chi connectivity index (χ1v) is 9.28. The average Bonchev–Trinajstić information content (AvgIpc) is 2.97. The lowest BCUT2D eigenvalue weighted by molar-refractivity contribution is -0.163. The lowest BCUT2D eigenvalue weighted by Gasteiger charge is -2.43. The number of hydrogen-bond acceptors (Lipinski definition) is 5. The molecule has 0 aliphatic carbocycles. The van der Waals surface area contributed by atoms with Crippen LogP contribution in [-0.2, 0) is 23.1 Å². The van der Waals surface area contributed by atoms with Crippen LogP contribution in [0.5, 0.6) is 0 Å². The molecule has 8 nitrogen and oxygen atoms in total. The highest BCUT2D eigenvalue weighted by molar-refractivity contribution is 5.92. The fraction of sp³-hybridized carbons (Fsp3) is 0.450. The molecule has 3 N–H and O–H groups in total. The van der Waals surface area contributed by atoms with Gasteiger partial charge in [-0.05, 0) is 25.3 Å².